The number of aryl methyl sites for hydroxylation is 3. The summed E-state index contributed by atoms with van der Waals surface area (Å²) in [6, 6.07) is 22.7. The Kier molecular flexibility index (Phi) is 8.02. The van der Waals surface area contributed by atoms with Crippen LogP contribution in [0.2, 0.25) is 0 Å². The molecular weight excluding hydrogens is 466 g/mol. The number of rotatable bonds is 8. The Morgan fingerprint density at radius 3 is 2.06 bits per heavy atom. The first-order chi connectivity index (χ1) is 17.3. The molecule has 0 spiro atoms. The number of carbonyl (C=O) groups is 1. The minimum absolute atomic E-state index is 0.0361. The smallest absolute Gasteiger partial charge is 0.243 e. The van der Waals surface area contributed by atoms with Gasteiger partial charge in [-0.3, -0.25) is 4.79 Å². The average Bonchev–Trinajstić information content (AvgIpc) is 2.92. The van der Waals surface area contributed by atoms with E-state index >= 15 is 0 Å². The van der Waals surface area contributed by atoms with Crippen LogP contribution in [0.25, 0.3) is 6.08 Å². The first kappa shape index (κ1) is 25.8. The van der Waals surface area contributed by atoms with Gasteiger partial charge in [0.2, 0.25) is 10.0 Å². The van der Waals surface area contributed by atoms with Gasteiger partial charge in [0.25, 0.3) is 0 Å². The van der Waals surface area contributed by atoms with Crippen LogP contribution >= 0.6 is 0 Å². The summed E-state index contributed by atoms with van der Waals surface area (Å²) in [5, 5.41) is 0. The van der Waals surface area contributed by atoms with Gasteiger partial charge in [0.15, 0.2) is 5.78 Å². The van der Waals surface area contributed by atoms with Crippen molar-refractivity contribution < 1.29 is 13.2 Å². The summed E-state index contributed by atoms with van der Waals surface area (Å²) in [5.74, 6) is -0.168. The van der Waals surface area contributed by atoms with E-state index < -0.39 is 10.0 Å². The first-order valence-corrected chi connectivity index (χ1v) is 13.9. The van der Waals surface area contributed by atoms with Gasteiger partial charge in [-0.2, -0.15) is 4.31 Å². The van der Waals surface area contributed by atoms with Gasteiger partial charge in [0.1, 0.15) is 0 Å². The normalized spacial score (nSPS) is 16.8. The lowest BCUT2D eigenvalue weighted by atomic mass is 9.95. The third kappa shape index (κ3) is 5.75. The zero-order chi connectivity index (χ0) is 25.7. The van der Waals surface area contributed by atoms with Crippen molar-refractivity contribution in [1.29, 1.82) is 0 Å². The molecule has 1 unspecified atom stereocenters. The fraction of sp³-hybridized carbons (Fsp3) is 0.258. The lowest BCUT2D eigenvalue weighted by Gasteiger charge is -2.34. The van der Waals surface area contributed by atoms with E-state index in [1.807, 2.05) is 61.5 Å². The molecule has 36 heavy (non-hydrogen) atoms. The molecule has 1 heterocycles. The van der Waals surface area contributed by atoms with Gasteiger partial charge in [-0.1, -0.05) is 92.2 Å². The predicted molar refractivity (Wildman–Crippen MR) is 146 cm³/mol. The maximum Gasteiger partial charge on any atom is 0.243 e. The minimum atomic E-state index is -3.82. The molecule has 1 aliphatic rings. The number of benzene rings is 3. The molecule has 0 bridgehead atoms. The molecule has 4 nitrogen and oxygen atoms in total. The van der Waals surface area contributed by atoms with Crippen LogP contribution in [-0.4, -0.2) is 25.1 Å². The summed E-state index contributed by atoms with van der Waals surface area (Å²) >= 11 is 0. The van der Waals surface area contributed by atoms with Gasteiger partial charge >= 0.3 is 0 Å². The largest absolute Gasteiger partial charge is 0.290 e. The van der Waals surface area contributed by atoms with Crippen molar-refractivity contribution in [2.24, 2.45) is 0 Å². The Morgan fingerprint density at radius 1 is 0.889 bits per heavy atom. The maximum absolute atomic E-state index is 13.8. The van der Waals surface area contributed by atoms with Crippen molar-refractivity contribution in [3.63, 3.8) is 0 Å². The molecule has 0 aliphatic carbocycles. The van der Waals surface area contributed by atoms with Crippen LogP contribution < -0.4 is 0 Å². The molecule has 0 N–H and O–H groups in total. The number of allylic oxidation sites excluding steroid dienone is 1. The summed E-state index contributed by atoms with van der Waals surface area (Å²) in [7, 11) is -3.82. The van der Waals surface area contributed by atoms with E-state index in [4.69, 9.17) is 0 Å². The Labute approximate surface area is 215 Å². The van der Waals surface area contributed by atoms with E-state index in [2.05, 4.69) is 13.8 Å². The maximum atomic E-state index is 13.8. The SMILES string of the molecule is CCc1ccc(/C=C/C(=O)C2=CCC(c3ccc(CC)cc3)N(S(=O)(=O)c3ccc(C)cc3)C2)cc1. The van der Waals surface area contributed by atoms with Crippen LogP contribution in [0, 0.1) is 6.92 Å². The van der Waals surface area contributed by atoms with Crippen LogP contribution in [0.4, 0.5) is 0 Å². The van der Waals surface area contributed by atoms with E-state index in [0.717, 1.165) is 29.5 Å². The summed E-state index contributed by atoms with van der Waals surface area (Å²) < 4.78 is 29.0. The fourth-order valence-electron chi connectivity index (χ4n) is 4.41. The number of carbonyl (C=O) groups excluding carboxylic acids is 1. The van der Waals surface area contributed by atoms with Crippen LogP contribution in [0.3, 0.4) is 0 Å². The lowest BCUT2D eigenvalue weighted by Crippen LogP contribution is -2.39. The molecule has 1 atom stereocenters. The molecule has 5 heteroatoms. The lowest BCUT2D eigenvalue weighted by molar-refractivity contribution is -0.111. The van der Waals surface area contributed by atoms with Crippen molar-refractivity contribution in [3.8, 4) is 0 Å². The van der Waals surface area contributed by atoms with E-state index in [9.17, 15) is 13.2 Å². The second-order valence-corrected chi connectivity index (χ2v) is 11.1. The molecule has 0 radical (unpaired) electrons. The van der Waals surface area contributed by atoms with Crippen LogP contribution in [0.1, 0.15) is 54.1 Å². The summed E-state index contributed by atoms with van der Waals surface area (Å²) in [6.45, 7) is 6.16. The van der Waals surface area contributed by atoms with Gasteiger partial charge < -0.3 is 0 Å². The quantitative estimate of drug-likeness (QED) is 0.334. The Hall–Kier alpha value is -3.28. The number of hydrogen-bond donors (Lipinski definition) is 0. The molecule has 3 aromatic rings. The van der Waals surface area contributed by atoms with Gasteiger partial charge in [0.05, 0.1) is 10.9 Å². The van der Waals surface area contributed by atoms with Gasteiger partial charge in [-0.05, 0) is 66.6 Å². The summed E-state index contributed by atoms with van der Waals surface area (Å²) in [4.78, 5) is 13.3. The van der Waals surface area contributed by atoms with Crippen molar-refractivity contribution in [2.45, 2.75) is 51.0 Å². The average molecular weight is 500 g/mol. The van der Waals surface area contributed by atoms with Crippen LogP contribution in [-0.2, 0) is 27.7 Å². The van der Waals surface area contributed by atoms with Crippen molar-refractivity contribution in [2.75, 3.05) is 6.54 Å². The van der Waals surface area contributed by atoms with Gasteiger partial charge in [-0.15, -0.1) is 0 Å². The molecule has 3 aromatic carbocycles. The predicted octanol–water partition coefficient (Wildman–Crippen LogP) is 6.46. The van der Waals surface area contributed by atoms with Gasteiger partial charge in [-0.25, -0.2) is 8.42 Å². The highest BCUT2D eigenvalue weighted by atomic mass is 32.2. The number of nitrogens with zero attached hydrogens (tertiary/aromatic N) is 1. The number of hydrogen-bond acceptors (Lipinski definition) is 3. The number of ketones is 1. The fourth-order valence-corrected chi connectivity index (χ4v) is 6.01. The van der Waals surface area contributed by atoms with E-state index in [1.54, 1.807) is 36.4 Å². The van der Waals surface area contributed by atoms with Crippen molar-refractivity contribution in [3.05, 3.63) is 118 Å². The second kappa shape index (κ2) is 11.2. The molecule has 0 saturated heterocycles. The second-order valence-electron chi connectivity index (χ2n) is 9.23. The molecule has 1 aliphatic heterocycles. The third-order valence-electron chi connectivity index (χ3n) is 6.79. The molecule has 186 valence electrons. The molecule has 0 saturated carbocycles. The molecule has 0 aromatic heterocycles. The van der Waals surface area contributed by atoms with E-state index in [1.165, 1.54) is 15.4 Å². The van der Waals surface area contributed by atoms with Crippen molar-refractivity contribution in [1.82, 2.24) is 4.31 Å². The molecule has 4 rings (SSSR count). The highest BCUT2D eigenvalue weighted by Gasteiger charge is 2.36. The zero-order valence-electron chi connectivity index (χ0n) is 21.1. The van der Waals surface area contributed by atoms with Crippen molar-refractivity contribution >= 4 is 21.9 Å². The van der Waals surface area contributed by atoms with E-state index in [0.29, 0.717) is 12.0 Å². The van der Waals surface area contributed by atoms with E-state index in [-0.39, 0.29) is 23.3 Å². The summed E-state index contributed by atoms with van der Waals surface area (Å²) in [5.41, 5.74) is 5.79. The monoisotopic (exact) mass is 499 g/mol. The Bertz CT molecular complexity index is 1370. The van der Waals surface area contributed by atoms with Crippen LogP contribution in [0.5, 0.6) is 0 Å². The first-order valence-electron chi connectivity index (χ1n) is 12.5. The Morgan fingerprint density at radius 2 is 1.47 bits per heavy atom. The van der Waals surface area contributed by atoms with Gasteiger partial charge in [0, 0.05) is 12.1 Å². The Balaban J connectivity index is 1.64. The number of sulfonamides is 1. The summed E-state index contributed by atoms with van der Waals surface area (Å²) in [6.07, 6.45) is 7.55. The highest BCUT2D eigenvalue weighted by Crippen LogP contribution is 2.35. The highest BCUT2D eigenvalue weighted by molar-refractivity contribution is 7.89. The zero-order valence-corrected chi connectivity index (χ0v) is 22.0. The standard InChI is InChI=1S/C31H33NO3S/c1-4-24-8-10-26(11-9-24)14-21-31(33)28-17-20-30(27-15-12-25(5-2)13-16-27)32(22-28)36(34,35)29-18-6-23(3)7-19-29/h6-19,21,30H,4-5,20,22H2,1-3H3/b21-14+. The molecule has 0 fully saturated rings. The third-order valence-corrected chi connectivity index (χ3v) is 8.66. The topological polar surface area (TPSA) is 54.5 Å². The minimum Gasteiger partial charge on any atom is -0.290 e. The molecular formula is C31H33NO3S. The molecule has 0 amide bonds. The van der Waals surface area contributed by atoms with Crippen LogP contribution in [0.15, 0.2) is 95.4 Å².